The van der Waals surface area contributed by atoms with Crippen LogP contribution >= 0.6 is 0 Å². The van der Waals surface area contributed by atoms with Crippen LogP contribution in [0.5, 0.6) is 0 Å². The summed E-state index contributed by atoms with van der Waals surface area (Å²) in [5.41, 5.74) is 4.67. The number of amides is 3. The van der Waals surface area contributed by atoms with Crippen molar-refractivity contribution < 1.29 is 33.0 Å². The van der Waals surface area contributed by atoms with Crippen LogP contribution in [0.3, 0.4) is 0 Å². The Bertz CT molecular complexity index is 1930. The lowest BCUT2D eigenvalue weighted by Gasteiger charge is -2.38. The minimum Gasteiger partial charge on any atom is -0.436 e. The summed E-state index contributed by atoms with van der Waals surface area (Å²) in [4.78, 5) is 62.2. The van der Waals surface area contributed by atoms with Gasteiger partial charge in [0, 0.05) is 59.4 Å². The van der Waals surface area contributed by atoms with E-state index in [2.05, 4.69) is 10.3 Å². The first-order valence-corrected chi connectivity index (χ1v) is 17.9. The quantitative estimate of drug-likeness (QED) is 0.192. The molecule has 4 aromatic rings. The molecule has 0 unspecified atom stereocenters. The van der Waals surface area contributed by atoms with Gasteiger partial charge in [-0.05, 0) is 75.8 Å². The Morgan fingerprint density at radius 1 is 0.980 bits per heavy atom. The first-order chi connectivity index (χ1) is 24.7. The van der Waals surface area contributed by atoms with Gasteiger partial charge in [-0.1, -0.05) is 48.5 Å². The average molecular weight is 695 g/mol. The number of nitrogens with zero attached hydrogens (tertiary/aromatic N) is 2. The fourth-order valence-electron chi connectivity index (χ4n) is 8.19. The van der Waals surface area contributed by atoms with Crippen molar-refractivity contribution in [1.82, 2.24) is 20.1 Å². The highest BCUT2D eigenvalue weighted by molar-refractivity contribution is 6.11. The Kier molecular flexibility index (Phi) is 9.65. The molecule has 0 radical (unpaired) electrons. The second-order valence-corrected chi connectivity index (χ2v) is 13.6. The number of ether oxygens (including phenoxy) is 2. The molecule has 1 aliphatic carbocycles. The van der Waals surface area contributed by atoms with Crippen molar-refractivity contribution >= 4 is 34.6 Å². The molecule has 3 amide bonds. The van der Waals surface area contributed by atoms with Gasteiger partial charge >= 0.3 is 6.09 Å². The molecule has 51 heavy (non-hydrogen) atoms. The number of aromatic amines is 1. The monoisotopic (exact) mass is 694 g/mol. The van der Waals surface area contributed by atoms with E-state index in [4.69, 9.17) is 9.47 Å². The van der Waals surface area contributed by atoms with Gasteiger partial charge in [0.15, 0.2) is 11.9 Å². The number of carbonyl (C=O) groups excluding carboxylic acids is 4. The van der Waals surface area contributed by atoms with Crippen LogP contribution in [-0.2, 0) is 19.1 Å². The fourth-order valence-corrected chi connectivity index (χ4v) is 8.19. The first-order valence-electron chi connectivity index (χ1n) is 17.9. The van der Waals surface area contributed by atoms with Crippen LogP contribution in [0, 0.1) is 5.82 Å². The Balaban J connectivity index is 1.10. The Hall–Kier alpha value is -5.03. The number of ketones is 1. The number of likely N-dealkylation sites (N-methyl/N-ethyl adjacent to an activating group) is 1. The molecule has 5 atom stereocenters. The van der Waals surface area contributed by atoms with Crippen LogP contribution in [0.25, 0.3) is 22.0 Å². The van der Waals surface area contributed by atoms with E-state index in [1.807, 2.05) is 55.5 Å². The van der Waals surface area contributed by atoms with Crippen molar-refractivity contribution in [3.63, 3.8) is 0 Å². The molecule has 10 nitrogen and oxygen atoms in total. The van der Waals surface area contributed by atoms with Crippen LogP contribution in [-0.4, -0.2) is 81.9 Å². The molecule has 0 spiro atoms. The zero-order chi connectivity index (χ0) is 35.8. The maximum absolute atomic E-state index is 14.5. The second kappa shape index (κ2) is 14.3. The van der Waals surface area contributed by atoms with Crippen molar-refractivity contribution in [3.8, 4) is 11.1 Å². The third kappa shape index (κ3) is 6.39. The molecule has 7 rings (SSSR count). The smallest absolute Gasteiger partial charge is 0.411 e. The Labute approximate surface area is 296 Å². The van der Waals surface area contributed by atoms with Gasteiger partial charge in [0.05, 0.1) is 12.1 Å². The lowest BCUT2D eigenvalue weighted by atomic mass is 9.95. The summed E-state index contributed by atoms with van der Waals surface area (Å²) in [5.74, 6) is -1.49. The van der Waals surface area contributed by atoms with Crippen molar-refractivity contribution in [2.45, 2.75) is 89.3 Å². The van der Waals surface area contributed by atoms with Gasteiger partial charge in [0.2, 0.25) is 11.8 Å². The van der Waals surface area contributed by atoms with E-state index in [0.29, 0.717) is 48.8 Å². The molecule has 3 aliphatic rings. The van der Waals surface area contributed by atoms with E-state index in [-0.39, 0.29) is 36.8 Å². The van der Waals surface area contributed by atoms with E-state index in [1.54, 1.807) is 31.0 Å². The van der Waals surface area contributed by atoms with E-state index in [0.717, 1.165) is 22.3 Å². The van der Waals surface area contributed by atoms with Gasteiger partial charge in [0.25, 0.3) is 0 Å². The summed E-state index contributed by atoms with van der Waals surface area (Å²) in [6.45, 7) is 5.94. The zero-order valence-electron chi connectivity index (χ0n) is 29.1. The highest BCUT2D eigenvalue weighted by Crippen LogP contribution is 2.45. The molecule has 266 valence electrons. The van der Waals surface area contributed by atoms with Crippen molar-refractivity contribution in [2.75, 3.05) is 13.2 Å². The average Bonchev–Trinajstić information content (AvgIpc) is 3.83. The third-order valence-corrected chi connectivity index (χ3v) is 10.7. The van der Waals surface area contributed by atoms with Crippen LogP contribution in [0.15, 0.2) is 72.9 Å². The second-order valence-electron chi connectivity index (χ2n) is 13.6. The summed E-state index contributed by atoms with van der Waals surface area (Å²) in [6, 6.07) is 17.0. The molecule has 2 saturated heterocycles. The Morgan fingerprint density at radius 2 is 1.67 bits per heavy atom. The molecular weight excluding hydrogens is 651 g/mol. The molecular formula is C40H43FN4O6. The number of nitrogens with one attached hydrogen (secondary N) is 2. The molecule has 0 bridgehead atoms. The number of rotatable bonds is 9. The number of hydrogen-bond donors (Lipinski definition) is 2. The standard InChI is InChI=1S/C40H43FN4O6/c1-4-44(40(49)51-37-30-12-8-6-10-27(30)28-11-7-9-13-31(28)37)23(3)38(47)43-34-21-26(50-5-2)17-15-25-16-19-35(45(25)39(34)48)36(46)32-22-42-33-20-24(41)14-18-29(32)33/h6-14,18,20,22-23,25-26,34-35,37,42H,4-5,15-17,19,21H2,1-3H3,(H,43,47)/t23-,25-,26+,34-,35-/m0/s1. The summed E-state index contributed by atoms with van der Waals surface area (Å²) in [6.07, 6.45) is 2.71. The molecule has 3 aromatic carbocycles. The fraction of sp³-hybridized carbons (Fsp3) is 0.400. The predicted molar refractivity (Wildman–Crippen MR) is 189 cm³/mol. The minimum absolute atomic E-state index is 0.197. The van der Waals surface area contributed by atoms with E-state index >= 15 is 0 Å². The summed E-state index contributed by atoms with van der Waals surface area (Å²) < 4.78 is 26.0. The lowest BCUT2D eigenvalue weighted by Crippen LogP contribution is -2.59. The summed E-state index contributed by atoms with van der Waals surface area (Å²) in [5, 5.41) is 3.54. The summed E-state index contributed by atoms with van der Waals surface area (Å²) >= 11 is 0. The maximum atomic E-state index is 14.5. The van der Waals surface area contributed by atoms with Crippen molar-refractivity contribution in [1.29, 1.82) is 0 Å². The zero-order valence-corrected chi connectivity index (χ0v) is 29.1. The molecule has 2 N–H and O–H groups in total. The topological polar surface area (TPSA) is 121 Å². The maximum Gasteiger partial charge on any atom is 0.411 e. The number of benzene rings is 3. The van der Waals surface area contributed by atoms with Gasteiger partial charge in [0.1, 0.15) is 17.9 Å². The number of fused-ring (bicyclic) bond motifs is 5. The molecule has 3 heterocycles. The highest BCUT2D eigenvalue weighted by atomic mass is 19.1. The normalized spacial score (nSPS) is 22.0. The number of hydrogen-bond acceptors (Lipinski definition) is 6. The number of H-pyrrole nitrogens is 1. The number of Topliss-reactive ketones (excluding diaryl/α,β-unsaturated/α-hetero) is 1. The van der Waals surface area contributed by atoms with Gasteiger partial charge in [-0.25, -0.2) is 9.18 Å². The summed E-state index contributed by atoms with van der Waals surface area (Å²) in [7, 11) is 0. The Morgan fingerprint density at radius 3 is 2.35 bits per heavy atom. The molecule has 1 aromatic heterocycles. The van der Waals surface area contributed by atoms with Crippen molar-refractivity contribution in [3.05, 3.63) is 95.4 Å². The number of carbonyl (C=O) groups is 4. The molecule has 2 aliphatic heterocycles. The highest BCUT2D eigenvalue weighted by Gasteiger charge is 2.46. The van der Waals surface area contributed by atoms with E-state index in [1.165, 1.54) is 17.0 Å². The SMILES string of the molecule is CCO[C@@H]1CC[C@H]2CC[C@@H](C(=O)c3c[nH]c4cc(F)ccc34)N2C(=O)[C@@H](NC(=O)[C@H](C)N(CC)C(=O)OC2c3ccccc3-c3ccccc32)C1. The van der Waals surface area contributed by atoms with Crippen LogP contribution in [0.4, 0.5) is 9.18 Å². The lowest BCUT2D eigenvalue weighted by molar-refractivity contribution is -0.142. The van der Waals surface area contributed by atoms with Gasteiger partial charge in [-0.3, -0.25) is 19.3 Å². The van der Waals surface area contributed by atoms with Gasteiger partial charge < -0.3 is 24.7 Å². The number of halogens is 1. The van der Waals surface area contributed by atoms with Crippen molar-refractivity contribution in [2.24, 2.45) is 0 Å². The molecule has 2 fully saturated rings. The number of aromatic nitrogens is 1. The van der Waals surface area contributed by atoms with Crippen LogP contribution < -0.4 is 5.32 Å². The van der Waals surface area contributed by atoms with E-state index in [9.17, 15) is 23.6 Å². The van der Waals surface area contributed by atoms with Crippen LogP contribution in [0.1, 0.15) is 80.5 Å². The predicted octanol–water partition coefficient (Wildman–Crippen LogP) is 6.54. The molecule has 11 heteroatoms. The van der Waals surface area contributed by atoms with Crippen LogP contribution in [0.2, 0.25) is 0 Å². The largest absolute Gasteiger partial charge is 0.436 e. The molecule has 0 saturated carbocycles. The van der Waals surface area contributed by atoms with Gasteiger partial charge in [-0.15, -0.1) is 0 Å². The first kappa shape index (κ1) is 34.4. The van der Waals surface area contributed by atoms with E-state index < -0.39 is 42.0 Å². The minimum atomic E-state index is -0.979. The van der Waals surface area contributed by atoms with Gasteiger partial charge in [-0.2, -0.15) is 0 Å². The third-order valence-electron chi connectivity index (χ3n) is 10.7.